The zero-order valence-electron chi connectivity index (χ0n) is 11.0. The summed E-state index contributed by atoms with van der Waals surface area (Å²) in [5.41, 5.74) is 0.397. The Balaban J connectivity index is 2.36. The monoisotopic (exact) mass is 244 g/mol. The summed E-state index contributed by atoms with van der Waals surface area (Å²) in [4.78, 5) is 0. The molecule has 2 aromatic rings. The van der Waals surface area contributed by atoms with Crippen molar-refractivity contribution >= 4 is 10.8 Å². The fourth-order valence-electron chi connectivity index (χ4n) is 2.35. The van der Waals surface area contributed by atoms with Gasteiger partial charge in [-0.15, -0.1) is 0 Å². The second-order valence-corrected chi connectivity index (χ2v) is 4.83. The average Bonchev–Trinajstić information content (AvgIpc) is 2.39. The molecule has 0 saturated heterocycles. The van der Waals surface area contributed by atoms with Gasteiger partial charge in [0.25, 0.3) is 0 Å². The molecule has 96 valence electrons. The highest BCUT2D eigenvalue weighted by molar-refractivity contribution is 5.85. The van der Waals surface area contributed by atoms with Crippen molar-refractivity contribution in [3.8, 4) is 0 Å². The second kappa shape index (κ2) is 5.51. The molecule has 2 heteroatoms. The van der Waals surface area contributed by atoms with Gasteiger partial charge in [-0.2, -0.15) is 0 Å². The number of rotatable bonds is 5. The van der Waals surface area contributed by atoms with E-state index in [4.69, 9.17) is 4.74 Å². The molecule has 1 atom stereocenters. The van der Waals surface area contributed by atoms with Crippen LogP contribution in [0.2, 0.25) is 0 Å². The van der Waals surface area contributed by atoms with Crippen LogP contribution in [0.15, 0.2) is 42.5 Å². The highest BCUT2D eigenvalue weighted by Gasteiger charge is 2.25. The summed E-state index contributed by atoms with van der Waals surface area (Å²) in [6.07, 6.45) is 1.31. The van der Waals surface area contributed by atoms with Gasteiger partial charge in [0.1, 0.15) is 0 Å². The molecule has 0 saturated carbocycles. The molecule has 0 fully saturated rings. The fourth-order valence-corrected chi connectivity index (χ4v) is 2.35. The van der Waals surface area contributed by atoms with E-state index in [1.807, 2.05) is 25.1 Å². The normalized spacial score (nSPS) is 14.6. The molecule has 0 bridgehead atoms. The van der Waals surface area contributed by atoms with Crippen molar-refractivity contribution in [2.75, 3.05) is 13.7 Å². The summed E-state index contributed by atoms with van der Waals surface area (Å²) in [7, 11) is 1.63. The molecule has 0 aliphatic heterocycles. The van der Waals surface area contributed by atoms with Crippen LogP contribution in [0, 0.1) is 0 Å². The first-order chi connectivity index (χ1) is 8.68. The third-order valence-electron chi connectivity index (χ3n) is 3.47. The van der Waals surface area contributed by atoms with Gasteiger partial charge in [0.2, 0.25) is 0 Å². The van der Waals surface area contributed by atoms with E-state index in [1.165, 1.54) is 16.3 Å². The van der Waals surface area contributed by atoms with Crippen LogP contribution in [0.5, 0.6) is 0 Å². The van der Waals surface area contributed by atoms with Gasteiger partial charge in [-0.1, -0.05) is 49.4 Å². The lowest BCUT2D eigenvalue weighted by atomic mass is 9.90. The van der Waals surface area contributed by atoms with Crippen LogP contribution in [0.3, 0.4) is 0 Å². The van der Waals surface area contributed by atoms with Crippen LogP contribution >= 0.6 is 0 Å². The minimum atomic E-state index is -0.779. The van der Waals surface area contributed by atoms with Gasteiger partial charge in [0, 0.05) is 13.5 Å². The Labute approximate surface area is 108 Å². The van der Waals surface area contributed by atoms with Gasteiger partial charge in [-0.3, -0.25) is 0 Å². The molecule has 0 radical (unpaired) electrons. The van der Waals surface area contributed by atoms with Crippen molar-refractivity contribution in [3.05, 3.63) is 48.0 Å². The predicted octanol–water partition coefficient (Wildman–Crippen LogP) is 3.17. The quantitative estimate of drug-likeness (QED) is 0.875. The number of aliphatic hydroxyl groups is 1. The van der Waals surface area contributed by atoms with Crippen molar-refractivity contribution in [2.45, 2.75) is 25.4 Å². The van der Waals surface area contributed by atoms with Gasteiger partial charge in [-0.25, -0.2) is 0 Å². The summed E-state index contributed by atoms with van der Waals surface area (Å²) in [5.74, 6) is 0. The van der Waals surface area contributed by atoms with Crippen LogP contribution in [0.1, 0.15) is 18.9 Å². The van der Waals surface area contributed by atoms with Gasteiger partial charge in [-0.05, 0) is 22.8 Å². The lowest BCUT2D eigenvalue weighted by Crippen LogP contribution is -2.35. The topological polar surface area (TPSA) is 29.5 Å². The van der Waals surface area contributed by atoms with E-state index >= 15 is 0 Å². The Kier molecular flexibility index (Phi) is 4.00. The Morgan fingerprint density at radius 3 is 2.56 bits per heavy atom. The standard InChI is InChI=1S/C16H20O2/c1-3-16(17,12-18-2)11-14-9-6-8-13-7-4-5-10-15(13)14/h4-10,17H,3,11-12H2,1-2H3. The lowest BCUT2D eigenvalue weighted by molar-refractivity contribution is -0.0331. The van der Waals surface area contributed by atoms with Crippen LogP contribution < -0.4 is 0 Å². The molecule has 18 heavy (non-hydrogen) atoms. The van der Waals surface area contributed by atoms with Crippen LogP contribution in [0.25, 0.3) is 10.8 Å². The average molecular weight is 244 g/mol. The van der Waals surface area contributed by atoms with E-state index in [0.29, 0.717) is 19.4 Å². The molecule has 0 aliphatic rings. The smallest absolute Gasteiger partial charge is 0.0917 e. The summed E-state index contributed by atoms with van der Waals surface area (Å²) >= 11 is 0. The number of methoxy groups -OCH3 is 1. The fraction of sp³-hybridized carbons (Fsp3) is 0.375. The third kappa shape index (κ3) is 2.71. The summed E-state index contributed by atoms with van der Waals surface area (Å²) in [5, 5.41) is 12.9. The number of hydrogen-bond acceptors (Lipinski definition) is 2. The van der Waals surface area contributed by atoms with Crippen molar-refractivity contribution in [2.24, 2.45) is 0 Å². The lowest BCUT2D eigenvalue weighted by Gasteiger charge is -2.26. The largest absolute Gasteiger partial charge is 0.387 e. The summed E-state index contributed by atoms with van der Waals surface area (Å²) in [6.45, 7) is 2.36. The summed E-state index contributed by atoms with van der Waals surface area (Å²) in [6, 6.07) is 14.5. The highest BCUT2D eigenvalue weighted by Crippen LogP contribution is 2.24. The Morgan fingerprint density at radius 2 is 1.83 bits per heavy atom. The van der Waals surface area contributed by atoms with Gasteiger partial charge in [0.15, 0.2) is 0 Å². The van der Waals surface area contributed by atoms with Gasteiger partial charge >= 0.3 is 0 Å². The first-order valence-corrected chi connectivity index (χ1v) is 6.36. The molecule has 0 spiro atoms. The number of fused-ring (bicyclic) bond motifs is 1. The maximum Gasteiger partial charge on any atom is 0.0917 e. The van der Waals surface area contributed by atoms with E-state index in [2.05, 4.69) is 24.3 Å². The molecule has 1 N–H and O–H groups in total. The van der Waals surface area contributed by atoms with E-state index in [9.17, 15) is 5.11 Å². The molecule has 0 aromatic heterocycles. The molecular formula is C16H20O2. The van der Waals surface area contributed by atoms with E-state index in [-0.39, 0.29) is 0 Å². The van der Waals surface area contributed by atoms with Gasteiger partial charge < -0.3 is 9.84 Å². The van der Waals surface area contributed by atoms with Crippen molar-refractivity contribution in [1.82, 2.24) is 0 Å². The summed E-state index contributed by atoms with van der Waals surface area (Å²) < 4.78 is 5.13. The number of ether oxygens (including phenoxy) is 1. The molecule has 0 amide bonds. The molecule has 2 nitrogen and oxygen atoms in total. The maximum atomic E-state index is 10.5. The Bertz CT molecular complexity index is 516. The van der Waals surface area contributed by atoms with Gasteiger partial charge in [0.05, 0.1) is 12.2 Å². The van der Waals surface area contributed by atoms with E-state index in [1.54, 1.807) is 7.11 Å². The highest BCUT2D eigenvalue weighted by atomic mass is 16.5. The van der Waals surface area contributed by atoms with Crippen molar-refractivity contribution < 1.29 is 9.84 Å². The predicted molar refractivity (Wildman–Crippen MR) is 74.8 cm³/mol. The third-order valence-corrected chi connectivity index (χ3v) is 3.47. The molecule has 0 heterocycles. The Morgan fingerprint density at radius 1 is 1.11 bits per heavy atom. The van der Waals surface area contributed by atoms with Crippen molar-refractivity contribution in [3.63, 3.8) is 0 Å². The maximum absolute atomic E-state index is 10.5. The molecule has 2 aromatic carbocycles. The molecule has 0 aliphatic carbocycles. The minimum Gasteiger partial charge on any atom is -0.387 e. The SMILES string of the molecule is CCC(O)(COC)Cc1cccc2ccccc12. The Hall–Kier alpha value is -1.38. The zero-order valence-corrected chi connectivity index (χ0v) is 11.0. The number of benzene rings is 2. The first-order valence-electron chi connectivity index (χ1n) is 6.36. The van der Waals surface area contributed by atoms with E-state index < -0.39 is 5.60 Å². The van der Waals surface area contributed by atoms with Crippen LogP contribution in [-0.4, -0.2) is 24.4 Å². The molecule has 2 rings (SSSR count). The van der Waals surface area contributed by atoms with Crippen LogP contribution in [-0.2, 0) is 11.2 Å². The zero-order chi connectivity index (χ0) is 13.0. The molecule has 1 unspecified atom stereocenters. The number of hydrogen-bond donors (Lipinski definition) is 1. The second-order valence-electron chi connectivity index (χ2n) is 4.83. The first kappa shape index (κ1) is 13.1. The van der Waals surface area contributed by atoms with E-state index in [0.717, 1.165) is 0 Å². The molecular weight excluding hydrogens is 224 g/mol. The minimum absolute atomic E-state index is 0.368. The van der Waals surface area contributed by atoms with Crippen molar-refractivity contribution in [1.29, 1.82) is 0 Å². The van der Waals surface area contributed by atoms with Crippen LogP contribution in [0.4, 0.5) is 0 Å².